The zero-order valence-electron chi connectivity index (χ0n) is 13.1. The third-order valence-electron chi connectivity index (χ3n) is 2.43. The van der Waals surface area contributed by atoms with Gasteiger partial charge >= 0.3 is 0 Å². The van der Waals surface area contributed by atoms with Crippen LogP contribution in [-0.4, -0.2) is 31.1 Å². The molecule has 0 aliphatic carbocycles. The number of carbonyl (C=O) groups excluding carboxylic acids is 2. The maximum atomic E-state index is 11.8. The molecule has 0 aliphatic rings. The van der Waals surface area contributed by atoms with Crippen molar-refractivity contribution >= 4 is 23.2 Å². The van der Waals surface area contributed by atoms with Gasteiger partial charge in [-0.15, -0.1) is 0 Å². The van der Waals surface area contributed by atoms with Gasteiger partial charge in [-0.2, -0.15) is 0 Å². The number of ether oxygens (including phenoxy) is 2. The molecular weight excluding hydrogens is 272 g/mol. The molecule has 0 atom stereocenters. The first-order valence-corrected chi connectivity index (χ1v) is 6.61. The molecule has 21 heavy (non-hydrogen) atoms. The standard InChI is InChI=1S/C15H22N2O4/c1-10(18)16-12-7-6-11(8-13(12)20-5)17-14(19)9-21-15(2,3)4/h6-8H,9H2,1-5H3,(H,16,18)(H,17,19). The fraction of sp³-hybridized carbons (Fsp3) is 0.467. The normalized spacial score (nSPS) is 10.9. The van der Waals surface area contributed by atoms with Gasteiger partial charge in [-0.25, -0.2) is 0 Å². The summed E-state index contributed by atoms with van der Waals surface area (Å²) >= 11 is 0. The lowest BCUT2D eigenvalue weighted by molar-refractivity contribution is -0.125. The Morgan fingerprint density at radius 1 is 1.19 bits per heavy atom. The number of methoxy groups -OCH3 is 1. The van der Waals surface area contributed by atoms with Crippen LogP contribution >= 0.6 is 0 Å². The van der Waals surface area contributed by atoms with Gasteiger partial charge in [-0.3, -0.25) is 9.59 Å². The highest BCUT2D eigenvalue weighted by atomic mass is 16.5. The summed E-state index contributed by atoms with van der Waals surface area (Å²) < 4.78 is 10.6. The van der Waals surface area contributed by atoms with Crippen LogP contribution in [0.25, 0.3) is 0 Å². The summed E-state index contributed by atoms with van der Waals surface area (Å²) in [5, 5.41) is 5.36. The van der Waals surface area contributed by atoms with E-state index in [-0.39, 0.29) is 24.0 Å². The predicted octanol–water partition coefficient (Wildman–Crippen LogP) is 2.41. The summed E-state index contributed by atoms with van der Waals surface area (Å²) in [6.07, 6.45) is 0. The van der Waals surface area contributed by atoms with E-state index >= 15 is 0 Å². The first-order valence-electron chi connectivity index (χ1n) is 6.61. The molecular formula is C15H22N2O4. The van der Waals surface area contributed by atoms with Crippen molar-refractivity contribution in [1.82, 2.24) is 0 Å². The van der Waals surface area contributed by atoms with Crippen molar-refractivity contribution in [2.24, 2.45) is 0 Å². The number of hydrogen-bond acceptors (Lipinski definition) is 4. The van der Waals surface area contributed by atoms with Gasteiger partial charge in [0, 0.05) is 18.7 Å². The maximum absolute atomic E-state index is 11.8. The Labute approximate surface area is 124 Å². The van der Waals surface area contributed by atoms with E-state index in [9.17, 15) is 9.59 Å². The van der Waals surface area contributed by atoms with Crippen LogP contribution in [-0.2, 0) is 14.3 Å². The average molecular weight is 294 g/mol. The molecule has 116 valence electrons. The smallest absolute Gasteiger partial charge is 0.250 e. The maximum Gasteiger partial charge on any atom is 0.250 e. The number of hydrogen-bond donors (Lipinski definition) is 2. The van der Waals surface area contributed by atoms with Gasteiger partial charge in [0.25, 0.3) is 0 Å². The molecule has 0 spiro atoms. The van der Waals surface area contributed by atoms with Gasteiger partial charge in [0.05, 0.1) is 18.4 Å². The first kappa shape index (κ1) is 17.0. The molecule has 0 unspecified atom stereocenters. The molecule has 0 bridgehead atoms. The summed E-state index contributed by atoms with van der Waals surface area (Å²) in [5.74, 6) is 0.0302. The fourth-order valence-corrected chi connectivity index (χ4v) is 1.54. The zero-order chi connectivity index (χ0) is 16.0. The Kier molecular flexibility index (Phi) is 5.72. The van der Waals surface area contributed by atoms with Gasteiger partial charge in [0.2, 0.25) is 11.8 Å². The molecule has 6 nitrogen and oxygen atoms in total. The quantitative estimate of drug-likeness (QED) is 0.874. The third-order valence-corrected chi connectivity index (χ3v) is 2.43. The number of benzene rings is 1. The Hall–Kier alpha value is -2.08. The SMILES string of the molecule is COc1cc(NC(=O)COC(C)(C)C)ccc1NC(C)=O. The molecule has 0 saturated carbocycles. The molecule has 0 radical (unpaired) electrons. The Morgan fingerprint density at radius 2 is 1.86 bits per heavy atom. The first-order chi connectivity index (χ1) is 9.71. The second kappa shape index (κ2) is 7.08. The molecule has 2 amide bonds. The predicted molar refractivity (Wildman–Crippen MR) is 81.6 cm³/mol. The van der Waals surface area contributed by atoms with Crippen molar-refractivity contribution < 1.29 is 19.1 Å². The Morgan fingerprint density at radius 3 is 2.38 bits per heavy atom. The number of anilines is 2. The highest BCUT2D eigenvalue weighted by Crippen LogP contribution is 2.27. The van der Waals surface area contributed by atoms with Crippen LogP contribution in [0.1, 0.15) is 27.7 Å². The monoisotopic (exact) mass is 294 g/mol. The zero-order valence-corrected chi connectivity index (χ0v) is 13.1. The lowest BCUT2D eigenvalue weighted by Crippen LogP contribution is -2.27. The molecule has 6 heteroatoms. The number of rotatable bonds is 5. The highest BCUT2D eigenvalue weighted by molar-refractivity contribution is 5.94. The molecule has 0 aliphatic heterocycles. The largest absolute Gasteiger partial charge is 0.494 e. The highest BCUT2D eigenvalue weighted by Gasteiger charge is 2.13. The lowest BCUT2D eigenvalue weighted by atomic mass is 10.2. The number of carbonyl (C=O) groups is 2. The van der Waals surface area contributed by atoms with Crippen LogP contribution in [0.2, 0.25) is 0 Å². The van der Waals surface area contributed by atoms with Crippen molar-refractivity contribution in [2.45, 2.75) is 33.3 Å². The minimum Gasteiger partial charge on any atom is -0.494 e. The van der Waals surface area contributed by atoms with E-state index < -0.39 is 0 Å². The summed E-state index contributed by atoms with van der Waals surface area (Å²) in [6, 6.07) is 4.99. The summed E-state index contributed by atoms with van der Waals surface area (Å²) in [4.78, 5) is 22.8. The van der Waals surface area contributed by atoms with Crippen molar-refractivity contribution in [2.75, 3.05) is 24.4 Å². The molecule has 2 N–H and O–H groups in total. The van der Waals surface area contributed by atoms with Crippen LogP contribution < -0.4 is 15.4 Å². The number of amides is 2. The Balaban J connectivity index is 2.72. The third kappa shape index (κ3) is 6.27. The molecule has 0 fully saturated rings. The van der Waals surface area contributed by atoms with Gasteiger partial charge in [-0.1, -0.05) is 0 Å². The minimum atomic E-state index is -0.371. The summed E-state index contributed by atoms with van der Waals surface area (Å²) in [5.41, 5.74) is 0.752. The van der Waals surface area contributed by atoms with E-state index in [1.807, 2.05) is 20.8 Å². The van der Waals surface area contributed by atoms with Crippen LogP contribution in [0.3, 0.4) is 0 Å². The van der Waals surface area contributed by atoms with Crippen LogP contribution in [0.15, 0.2) is 18.2 Å². The Bertz CT molecular complexity index is 521. The van der Waals surface area contributed by atoms with Crippen LogP contribution in [0.5, 0.6) is 5.75 Å². The van der Waals surface area contributed by atoms with Crippen LogP contribution in [0.4, 0.5) is 11.4 Å². The van der Waals surface area contributed by atoms with E-state index in [0.29, 0.717) is 17.1 Å². The van der Waals surface area contributed by atoms with Crippen molar-refractivity contribution in [3.63, 3.8) is 0 Å². The summed E-state index contributed by atoms with van der Waals surface area (Å²) in [6.45, 7) is 7.03. The average Bonchev–Trinajstić information content (AvgIpc) is 2.37. The minimum absolute atomic E-state index is 0.0285. The van der Waals surface area contributed by atoms with E-state index in [1.165, 1.54) is 14.0 Å². The van der Waals surface area contributed by atoms with Crippen molar-refractivity contribution in [1.29, 1.82) is 0 Å². The molecule has 0 aromatic heterocycles. The molecule has 1 aromatic rings. The van der Waals surface area contributed by atoms with Crippen LogP contribution in [0, 0.1) is 0 Å². The van der Waals surface area contributed by atoms with Gasteiger partial charge in [0.1, 0.15) is 12.4 Å². The van der Waals surface area contributed by atoms with E-state index in [2.05, 4.69) is 10.6 Å². The second-order valence-electron chi connectivity index (χ2n) is 5.55. The molecule has 0 heterocycles. The molecule has 1 rings (SSSR count). The topological polar surface area (TPSA) is 76.7 Å². The van der Waals surface area contributed by atoms with Gasteiger partial charge in [0.15, 0.2) is 0 Å². The second-order valence-corrected chi connectivity index (χ2v) is 5.55. The molecule has 1 aromatic carbocycles. The fourth-order valence-electron chi connectivity index (χ4n) is 1.54. The summed E-state index contributed by atoms with van der Waals surface area (Å²) in [7, 11) is 1.50. The van der Waals surface area contributed by atoms with Crippen molar-refractivity contribution in [3.05, 3.63) is 18.2 Å². The van der Waals surface area contributed by atoms with E-state index in [4.69, 9.17) is 9.47 Å². The van der Waals surface area contributed by atoms with E-state index in [1.54, 1.807) is 18.2 Å². The van der Waals surface area contributed by atoms with Crippen molar-refractivity contribution in [3.8, 4) is 5.75 Å². The van der Waals surface area contributed by atoms with Gasteiger partial charge < -0.3 is 20.1 Å². The molecule has 0 saturated heterocycles. The van der Waals surface area contributed by atoms with Gasteiger partial charge in [-0.05, 0) is 32.9 Å². The lowest BCUT2D eigenvalue weighted by Gasteiger charge is -2.19. The van der Waals surface area contributed by atoms with E-state index in [0.717, 1.165) is 0 Å². The number of nitrogens with one attached hydrogen (secondary N) is 2.